The van der Waals surface area contributed by atoms with Crippen LogP contribution in [0, 0.1) is 6.92 Å². The maximum Gasteiger partial charge on any atom is 0.454 e. The molecule has 0 aliphatic heterocycles. The van der Waals surface area contributed by atoms with Crippen LogP contribution in [0.1, 0.15) is 16.1 Å². The maximum absolute atomic E-state index is 13.3. The van der Waals surface area contributed by atoms with Crippen LogP contribution in [0.2, 0.25) is 0 Å². The van der Waals surface area contributed by atoms with Crippen molar-refractivity contribution in [2.24, 2.45) is 0 Å². The number of Topliss-reactive ketones (excluding diaryl/α,β-unsaturated/α-hetero) is 1. The number of nitrogens with zero attached hydrogens (tertiary/aromatic N) is 1. The number of aryl methyl sites for hydroxylation is 1. The second-order valence-electron chi connectivity index (χ2n) is 5.92. The van der Waals surface area contributed by atoms with Gasteiger partial charge in [-0.05, 0) is 18.6 Å². The molecule has 0 radical (unpaired) electrons. The predicted octanol–water partition coefficient (Wildman–Crippen LogP) is 6.17. The molecule has 2 nitrogen and oxygen atoms in total. The Morgan fingerprint density at radius 3 is 2.35 bits per heavy atom. The minimum atomic E-state index is -4.96. The first-order chi connectivity index (χ1) is 12.4. The number of alkyl halides is 3. The number of carbonyl (C=O) groups is 1. The van der Waals surface area contributed by atoms with Crippen LogP contribution in [0.25, 0.3) is 31.4 Å². The lowest BCUT2D eigenvalue weighted by molar-refractivity contribution is -0.0885. The number of aromatic nitrogens is 1. The summed E-state index contributed by atoms with van der Waals surface area (Å²) in [5, 5.41) is 1.39. The molecule has 4 rings (SSSR count). The summed E-state index contributed by atoms with van der Waals surface area (Å²) in [6.07, 6.45) is -4.96. The SMILES string of the molecule is Cc1nc2sc3ccccc3c2c(-c2ccccc2)c1C(=O)C(F)(F)F. The molecule has 0 spiro atoms. The predicted molar refractivity (Wildman–Crippen MR) is 97.7 cm³/mol. The molecule has 0 bridgehead atoms. The molecular weight excluding hydrogens is 359 g/mol. The topological polar surface area (TPSA) is 30.0 Å². The van der Waals surface area contributed by atoms with E-state index in [1.165, 1.54) is 18.3 Å². The third-order valence-electron chi connectivity index (χ3n) is 4.25. The van der Waals surface area contributed by atoms with Crippen LogP contribution < -0.4 is 0 Å². The molecular formula is C20H12F3NOS. The fourth-order valence-electron chi connectivity index (χ4n) is 3.18. The number of halogens is 3. The van der Waals surface area contributed by atoms with E-state index in [1.54, 1.807) is 30.3 Å². The summed E-state index contributed by atoms with van der Waals surface area (Å²) >= 11 is 1.41. The van der Waals surface area contributed by atoms with Crippen molar-refractivity contribution in [3.8, 4) is 11.1 Å². The Kier molecular flexibility index (Phi) is 3.80. The second-order valence-corrected chi connectivity index (χ2v) is 6.95. The van der Waals surface area contributed by atoms with E-state index >= 15 is 0 Å². The summed E-state index contributed by atoms with van der Waals surface area (Å²) in [4.78, 5) is 17.2. The Balaban J connectivity index is 2.22. The molecule has 0 unspecified atom stereocenters. The normalized spacial score (nSPS) is 12.0. The fraction of sp³-hybridized carbons (Fsp3) is 0.100. The zero-order valence-corrected chi connectivity index (χ0v) is 14.4. The number of ketones is 1. The standard InChI is InChI=1S/C20H12F3NOS/c1-11-15(18(25)20(21,22)23)16(12-7-3-2-4-8-12)17-13-9-5-6-10-14(13)26-19(17)24-11/h2-10H,1H3. The Bertz CT molecular complexity index is 1150. The highest BCUT2D eigenvalue weighted by molar-refractivity contribution is 7.25. The number of hydrogen-bond acceptors (Lipinski definition) is 3. The summed E-state index contributed by atoms with van der Waals surface area (Å²) in [6.45, 7) is 1.45. The molecule has 0 saturated heterocycles. The number of thiophene rings is 1. The summed E-state index contributed by atoms with van der Waals surface area (Å²) in [5.74, 6) is -1.86. The van der Waals surface area contributed by atoms with Crippen molar-refractivity contribution < 1.29 is 18.0 Å². The lowest BCUT2D eigenvalue weighted by Crippen LogP contribution is -2.25. The van der Waals surface area contributed by atoms with Gasteiger partial charge < -0.3 is 0 Å². The van der Waals surface area contributed by atoms with Crippen molar-refractivity contribution >= 4 is 37.4 Å². The van der Waals surface area contributed by atoms with Gasteiger partial charge in [0.25, 0.3) is 5.78 Å². The van der Waals surface area contributed by atoms with Crippen LogP contribution in [0.3, 0.4) is 0 Å². The van der Waals surface area contributed by atoms with Gasteiger partial charge in [0.2, 0.25) is 0 Å². The first-order valence-corrected chi connectivity index (χ1v) is 8.68. The first kappa shape index (κ1) is 16.7. The Morgan fingerprint density at radius 2 is 1.65 bits per heavy atom. The fourth-order valence-corrected chi connectivity index (χ4v) is 4.31. The van der Waals surface area contributed by atoms with E-state index in [1.807, 2.05) is 24.3 Å². The van der Waals surface area contributed by atoms with E-state index in [0.29, 0.717) is 21.3 Å². The molecule has 0 saturated carbocycles. The van der Waals surface area contributed by atoms with E-state index < -0.39 is 12.0 Å². The number of rotatable bonds is 2. The van der Waals surface area contributed by atoms with Gasteiger partial charge in [-0.2, -0.15) is 13.2 Å². The molecule has 0 atom stereocenters. The average Bonchev–Trinajstić information content (AvgIpc) is 2.97. The highest BCUT2D eigenvalue weighted by atomic mass is 32.1. The van der Waals surface area contributed by atoms with Crippen LogP contribution >= 0.6 is 11.3 Å². The lowest BCUT2D eigenvalue weighted by Gasteiger charge is -2.15. The average molecular weight is 371 g/mol. The van der Waals surface area contributed by atoms with Crippen molar-refractivity contribution in [2.75, 3.05) is 0 Å². The van der Waals surface area contributed by atoms with E-state index in [9.17, 15) is 18.0 Å². The largest absolute Gasteiger partial charge is 0.454 e. The van der Waals surface area contributed by atoms with Gasteiger partial charge in [-0.3, -0.25) is 4.79 Å². The minimum absolute atomic E-state index is 0.0882. The highest BCUT2D eigenvalue weighted by Gasteiger charge is 2.42. The summed E-state index contributed by atoms with van der Waals surface area (Å²) < 4.78 is 40.7. The van der Waals surface area contributed by atoms with Crippen LogP contribution in [0.4, 0.5) is 13.2 Å². The number of pyridine rings is 1. The monoisotopic (exact) mass is 371 g/mol. The molecule has 2 aromatic heterocycles. The maximum atomic E-state index is 13.3. The zero-order chi connectivity index (χ0) is 18.5. The quantitative estimate of drug-likeness (QED) is 0.394. The number of fused-ring (bicyclic) bond motifs is 3. The molecule has 0 amide bonds. The second kappa shape index (κ2) is 5.92. The van der Waals surface area contributed by atoms with Crippen LogP contribution in [-0.4, -0.2) is 16.9 Å². The van der Waals surface area contributed by atoms with E-state index in [2.05, 4.69) is 4.98 Å². The zero-order valence-electron chi connectivity index (χ0n) is 13.6. The number of benzene rings is 2. The van der Waals surface area contributed by atoms with Gasteiger partial charge in [0.15, 0.2) is 0 Å². The molecule has 2 aromatic carbocycles. The molecule has 4 aromatic rings. The van der Waals surface area contributed by atoms with Crippen LogP contribution in [0.5, 0.6) is 0 Å². The van der Waals surface area contributed by atoms with Gasteiger partial charge in [0, 0.05) is 21.0 Å². The highest BCUT2D eigenvalue weighted by Crippen LogP contribution is 2.43. The van der Waals surface area contributed by atoms with Gasteiger partial charge in [0.1, 0.15) is 4.83 Å². The molecule has 2 heterocycles. The number of hydrogen-bond donors (Lipinski definition) is 0. The van der Waals surface area contributed by atoms with Gasteiger partial charge in [-0.15, -0.1) is 11.3 Å². The molecule has 0 N–H and O–H groups in total. The summed E-state index contributed by atoms with van der Waals surface area (Å²) in [6, 6.07) is 16.1. The molecule has 0 aliphatic rings. The molecule has 0 aliphatic carbocycles. The Morgan fingerprint density at radius 1 is 1.00 bits per heavy atom. The third-order valence-corrected chi connectivity index (χ3v) is 5.32. The van der Waals surface area contributed by atoms with Crippen molar-refractivity contribution in [1.29, 1.82) is 0 Å². The summed E-state index contributed by atoms with van der Waals surface area (Å²) in [5.41, 5.74) is 0.581. The van der Waals surface area contributed by atoms with E-state index in [-0.39, 0.29) is 11.3 Å². The van der Waals surface area contributed by atoms with Crippen LogP contribution in [-0.2, 0) is 0 Å². The summed E-state index contributed by atoms with van der Waals surface area (Å²) in [7, 11) is 0. The third kappa shape index (κ3) is 2.57. The van der Waals surface area contributed by atoms with Crippen molar-refractivity contribution in [3.05, 3.63) is 65.9 Å². The molecule has 130 valence electrons. The first-order valence-electron chi connectivity index (χ1n) is 7.86. The lowest BCUT2D eigenvalue weighted by atomic mass is 9.92. The Labute approximate surface area is 150 Å². The van der Waals surface area contributed by atoms with Crippen LogP contribution in [0.15, 0.2) is 54.6 Å². The van der Waals surface area contributed by atoms with E-state index in [0.717, 1.165) is 10.1 Å². The smallest absolute Gasteiger partial charge is 0.284 e. The molecule has 26 heavy (non-hydrogen) atoms. The van der Waals surface area contributed by atoms with Crippen molar-refractivity contribution in [3.63, 3.8) is 0 Å². The number of carbonyl (C=O) groups excluding carboxylic acids is 1. The van der Waals surface area contributed by atoms with Crippen molar-refractivity contribution in [1.82, 2.24) is 4.98 Å². The van der Waals surface area contributed by atoms with Crippen molar-refractivity contribution in [2.45, 2.75) is 13.1 Å². The molecule has 0 fully saturated rings. The van der Waals surface area contributed by atoms with Gasteiger partial charge >= 0.3 is 6.18 Å². The van der Waals surface area contributed by atoms with E-state index in [4.69, 9.17) is 0 Å². The minimum Gasteiger partial charge on any atom is -0.284 e. The Hall–Kier alpha value is -2.73. The molecule has 6 heteroatoms. The van der Waals surface area contributed by atoms with Gasteiger partial charge in [-0.1, -0.05) is 48.5 Å². The van der Waals surface area contributed by atoms with Gasteiger partial charge in [0.05, 0.1) is 11.3 Å². The van der Waals surface area contributed by atoms with Gasteiger partial charge in [-0.25, -0.2) is 4.98 Å².